The number of hydrogen-bond acceptors (Lipinski definition) is 5. The molecule has 0 bridgehead atoms. The Morgan fingerprint density at radius 1 is 1.00 bits per heavy atom. The van der Waals surface area contributed by atoms with Crippen LogP contribution in [0.25, 0.3) is 28.2 Å². The van der Waals surface area contributed by atoms with E-state index in [1.165, 1.54) is 11.6 Å². The van der Waals surface area contributed by atoms with Crippen LogP contribution in [0.2, 0.25) is 0 Å². The quantitative estimate of drug-likeness (QED) is 0.207. The summed E-state index contributed by atoms with van der Waals surface area (Å²) in [7, 11) is 0. The molecule has 5 aromatic rings. The molecule has 0 aliphatic carbocycles. The number of nitrogen functional groups attached to an aromatic ring is 1. The summed E-state index contributed by atoms with van der Waals surface area (Å²) in [5, 5.41) is 5.97. The molecule has 2 N–H and O–H groups in total. The van der Waals surface area contributed by atoms with Gasteiger partial charge in [-0.3, -0.25) is 9.48 Å². The molecule has 0 radical (unpaired) electrons. The number of para-hydroxylation sites is 1. The van der Waals surface area contributed by atoms with Crippen molar-refractivity contribution in [3.05, 3.63) is 121 Å². The Labute approximate surface area is 245 Å². The Balaban J connectivity index is 1.41. The van der Waals surface area contributed by atoms with Gasteiger partial charge in [-0.1, -0.05) is 67.3 Å². The number of carbonyl (C=O) groups is 1. The molecule has 1 aliphatic rings. The van der Waals surface area contributed by atoms with Crippen molar-refractivity contribution in [3.63, 3.8) is 0 Å². The van der Waals surface area contributed by atoms with Gasteiger partial charge in [0.25, 0.3) is 0 Å². The largest absolute Gasteiger partial charge is 0.457 e. The first-order chi connectivity index (χ1) is 20.6. The normalized spacial score (nSPS) is 15.2. The molecule has 42 heavy (non-hydrogen) atoms. The van der Waals surface area contributed by atoms with Crippen molar-refractivity contribution in [2.75, 3.05) is 18.8 Å². The minimum Gasteiger partial charge on any atom is -0.457 e. The van der Waals surface area contributed by atoms with E-state index in [9.17, 15) is 4.79 Å². The Hall–Kier alpha value is -5.17. The van der Waals surface area contributed by atoms with E-state index in [1.54, 1.807) is 0 Å². The smallest absolute Gasteiger partial charge is 0.246 e. The molecule has 210 valence electrons. The van der Waals surface area contributed by atoms with Crippen molar-refractivity contribution in [2.45, 2.75) is 25.3 Å². The molecule has 1 saturated heterocycles. The number of hydrogen-bond donors (Lipinski definition) is 1. The average Bonchev–Trinajstić information content (AvgIpc) is 3.45. The molecule has 1 atom stereocenters. The number of nitrogens with zero attached hydrogens (tertiary/aromatic N) is 4. The molecule has 1 fully saturated rings. The molecule has 2 aromatic heterocycles. The lowest BCUT2D eigenvalue weighted by molar-refractivity contribution is -0.127. The molecule has 3 aromatic carbocycles. The van der Waals surface area contributed by atoms with Gasteiger partial charge in [-0.25, -0.2) is 4.98 Å². The van der Waals surface area contributed by atoms with Crippen molar-refractivity contribution in [3.8, 4) is 22.8 Å². The number of fused-ring (bicyclic) bond motifs is 1. The lowest BCUT2D eigenvalue weighted by atomic mass is 10.0. The lowest BCUT2D eigenvalue weighted by Crippen LogP contribution is -2.40. The molecule has 6 rings (SSSR count). The monoisotopic (exact) mass is 555 g/mol. The summed E-state index contributed by atoms with van der Waals surface area (Å²) < 4.78 is 8.07. The van der Waals surface area contributed by atoms with E-state index in [0.29, 0.717) is 18.9 Å². The third kappa shape index (κ3) is 5.67. The van der Waals surface area contributed by atoms with E-state index in [4.69, 9.17) is 15.6 Å². The predicted octanol–water partition coefficient (Wildman–Crippen LogP) is 7.08. The molecule has 3 heterocycles. The number of piperidine rings is 1. The van der Waals surface area contributed by atoms with Crippen molar-refractivity contribution < 1.29 is 9.53 Å². The maximum Gasteiger partial charge on any atom is 0.246 e. The standard InChI is InChI=1S/C35H33N5O2/c1-2-31(41)39-22-10-15-28(24-39)40-34-27(14-9-13-25-11-5-3-6-12-25)23-37-35(36)32(34)33(38-40)26-18-20-30(21-19-26)42-29-16-7-4-8-17-29/h2-9,11-12,14,16-21,23,28H,1,10,13,15,22,24H2,(H2,36,37)/b14-9+. The van der Waals surface area contributed by atoms with Crippen LogP contribution >= 0.6 is 0 Å². The number of nitrogens with two attached hydrogens (primary N) is 1. The number of rotatable bonds is 8. The first kappa shape index (κ1) is 27.0. The summed E-state index contributed by atoms with van der Waals surface area (Å²) in [6.07, 6.45) is 10.0. The number of aromatic nitrogens is 3. The zero-order valence-corrected chi connectivity index (χ0v) is 23.4. The number of pyridine rings is 1. The Bertz CT molecular complexity index is 1730. The van der Waals surface area contributed by atoms with Crippen molar-refractivity contribution >= 4 is 28.7 Å². The highest BCUT2D eigenvalue weighted by Crippen LogP contribution is 2.37. The fraction of sp³-hybridized carbons (Fsp3) is 0.171. The molecule has 0 spiro atoms. The molecule has 1 amide bonds. The fourth-order valence-corrected chi connectivity index (χ4v) is 5.53. The maximum absolute atomic E-state index is 12.5. The lowest BCUT2D eigenvalue weighted by Gasteiger charge is -2.32. The van der Waals surface area contributed by atoms with Gasteiger partial charge < -0.3 is 15.4 Å². The minimum absolute atomic E-state index is 0.0114. The summed E-state index contributed by atoms with van der Waals surface area (Å²) in [5.41, 5.74) is 11.3. The molecule has 7 nitrogen and oxygen atoms in total. The van der Waals surface area contributed by atoms with E-state index in [-0.39, 0.29) is 11.9 Å². The molecular formula is C35H33N5O2. The Morgan fingerprint density at radius 3 is 2.45 bits per heavy atom. The highest BCUT2D eigenvalue weighted by atomic mass is 16.5. The van der Waals surface area contributed by atoms with Crippen LogP contribution in [0.3, 0.4) is 0 Å². The van der Waals surface area contributed by atoms with E-state index >= 15 is 0 Å². The zero-order valence-electron chi connectivity index (χ0n) is 23.4. The number of ether oxygens (including phenoxy) is 1. The number of likely N-dealkylation sites (tertiary alicyclic amines) is 1. The van der Waals surface area contributed by atoms with Crippen LogP contribution in [-0.2, 0) is 11.2 Å². The summed E-state index contributed by atoms with van der Waals surface area (Å²) in [5.74, 6) is 1.87. The average molecular weight is 556 g/mol. The summed E-state index contributed by atoms with van der Waals surface area (Å²) in [6.45, 7) is 4.96. The summed E-state index contributed by atoms with van der Waals surface area (Å²) in [4.78, 5) is 18.9. The third-order valence-electron chi connectivity index (χ3n) is 7.61. The highest BCUT2D eigenvalue weighted by molar-refractivity contribution is 6.03. The van der Waals surface area contributed by atoms with Gasteiger partial charge in [-0.2, -0.15) is 5.10 Å². The van der Waals surface area contributed by atoms with Gasteiger partial charge in [0.15, 0.2) is 0 Å². The number of allylic oxidation sites excluding steroid dienone is 1. The third-order valence-corrected chi connectivity index (χ3v) is 7.61. The van der Waals surface area contributed by atoms with Gasteiger partial charge in [-0.05, 0) is 67.3 Å². The molecule has 7 heteroatoms. The minimum atomic E-state index is -0.0606. The van der Waals surface area contributed by atoms with Crippen LogP contribution in [0.4, 0.5) is 5.82 Å². The van der Waals surface area contributed by atoms with Gasteiger partial charge >= 0.3 is 0 Å². The Kier molecular flexibility index (Phi) is 7.81. The molecular weight excluding hydrogens is 522 g/mol. The van der Waals surface area contributed by atoms with Crippen LogP contribution in [0.15, 0.2) is 110 Å². The van der Waals surface area contributed by atoms with Crippen LogP contribution in [0.1, 0.15) is 30.0 Å². The topological polar surface area (TPSA) is 86.3 Å². The van der Waals surface area contributed by atoms with Crippen molar-refractivity contribution in [1.82, 2.24) is 19.7 Å². The highest BCUT2D eigenvalue weighted by Gasteiger charge is 2.28. The second kappa shape index (κ2) is 12.1. The van der Waals surface area contributed by atoms with Crippen LogP contribution in [-0.4, -0.2) is 38.7 Å². The summed E-state index contributed by atoms with van der Waals surface area (Å²) in [6, 6.07) is 27.9. The zero-order chi connectivity index (χ0) is 28.9. The van der Waals surface area contributed by atoms with Crippen molar-refractivity contribution in [2.24, 2.45) is 0 Å². The predicted molar refractivity (Wildman–Crippen MR) is 168 cm³/mol. The van der Waals surface area contributed by atoms with Gasteiger partial charge in [0.2, 0.25) is 5.91 Å². The van der Waals surface area contributed by atoms with Crippen LogP contribution in [0.5, 0.6) is 11.5 Å². The van der Waals surface area contributed by atoms with Gasteiger partial charge in [0.05, 0.1) is 16.9 Å². The molecule has 1 unspecified atom stereocenters. The van der Waals surface area contributed by atoms with Gasteiger partial charge in [0.1, 0.15) is 23.0 Å². The first-order valence-corrected chi connectivity index (χ1v) is 14.2. The van der Waals surface area contributed by atoms with E-state index < -0.39 is 0 Å². The number of amides is 1. The fourth-order valence-electron chi connectivity index (χ4n) is 5.53. The summed E-state index contributed by atoms with van der Waals surface area (Å²) >= 11 is 0. The van der Waals surface area contributed by atoms with Gasteiger partial charge in [0, 0.05) is 30.4 Å². The SMILES string of the molecule is C=CC(=O)N1CCCC(n2nc(-c3ccc(Oc4ccccc4)cc3)c3c(N)ncc(/C=C/Cc4ccccc4)c32)C1. The van der Waals surface area contributed by atoms with E-state index in [0.717, 1.165) is 58.5 Å². The number of anilines is 1. The van der Waals surface area contributed by atoms with Crippen molar-refractivity contribution in [1.29, 1.82) is 0 Å². The second-order valence-corrected chi connectivity index (χ2v) is 10.4. The second-order valence-electron chi connectivity index (χ2n) is 10.4. The molecule has 1 aliphatic heterocycles. The first-order valence-electron chi connectivity index (χ1n) is 14.2. The van der Waals surface area contributed by atoms with E-state index in [1.807, 2.05) is 83.9 Å². The Morgan fingerprint density at radius 2 is 1.71 bits per heavy atom. The van der Waals surface area contributed by atoms with E-state index in [2.05, 4.69) is 40.5 Å². The van der Waals surface area contributed by atoms with Crippen LogP contribution < -0.4 is 10.5 Å². The maximum atomic E-state index is 12.5. The van der Waals surface area contributed by atoms with Gasteiger partial charge in [-0.15, -0.1) is 0 Å². The molecule has 0 saturated carbocycles. The number of carbonyl (C=O) groups excluding carboxylic acids is 1. The number of benzene rings is 3. The van der Waals surface area contributed by atoms with Crippen LogP contribution in [0, 0.1) is 0 Å².